The Morgan fingerprint density at radius 1 is 1.10 bits per heavy atom. The van der Waals surface area contributed by atoms with E-state index in [1.807, 2.05) is 0 Å². The van der Waals surface area contributed by atoms with Crippen LogP contribution in [0.3, 0.4) is 0 Å². The van der Waals surface area contributed by atoms with Gasteiger partial charge in [-0.15, -0.1) is 0 Å². The average molecular weight is 454 g/mol. The fraction of sp³-hybridized carbons (Fsp3) is 0.333. The predicted molar refractivity (Wildman–Crippen MR) is 112 cm³/mol. The molecule has 0 unspecified atom stereocenters. The first kappa shape index (κ1) is 22.8. The minimum atomic E-state index is -4.40. The van der Waals surface area contributed by atoms with Gasteiger partial charge in [-0.05, 0) is 23.8 Å². The van der Waals surface area contributed by atoms with Crippen LogP contribution >= 0.6 is 11.8 Å². The van der Waals surface area contributed by atoms with Gasteiger partial charge in [0, 0.05) is 17.9 Å². The number of alkyl halides is 3. The first-order valence-electron chi connectivity index (χ1n) is 9.23. The van der Waals surface area contributed by atoms with E-state index < -0.39 is 11.7 Å². The molecule has 0 fully saturated rings. The molecule has 0 N–H and O–H groups in total. The van der Waals surface area contributed by atoms with E-state index in [1.54, 1.807) is 18.2 Å². The SMILES string of the molecule is COc1cc(C(=O)N2CCN=C2SCc2cccc(C(F)(F)F)c2)cc(OC)c1OC. The monoisotopic (exact) mass is 454 g/mol. The van der Waals surface area contributed by atoms with Gasteiger partial charge in [-0.2, -0.15) is 13.2 Å². The van der Waals surface area contributed by atoms with Crippen LogP contribution in [-0.4, -0.2) is 50.4 Å². The Morgan fingerprint density at radius 3 is 2.35 bits per heavy atom. The lowest BCUT2D eigenvalue weighted by Gasteiger charge is -2.20. The number of carbonyl (C=O) groups is 1. The van der Waals surface area contributed by atoms with Crippen molar-refractivity contribution >= 4 is 22.8 Å². The highest BCUT2D eigenvalue weighted by Crippen LogP contribution is 2.39. The number of aliphatic imine (C=N–C) groups is 1. The topological polar surface area (TPSA) is 60.4 Å². The summed E-state index contributed by atoms with van der Waals surface area (Å²) in [5, 5.41) is 0.455. The molecule has 1 aliphatic heterocycles. The lowest BCUT2D eigenvalue weighted by molar-refractivity contribution is -0.137. The molecule has 3 rings (SSSR count). The molecule has 1 heterocycles. The number of benzene rings is 2. The van der Waals surface area contributed by atoms with Gasteiger partial charge in [0.15, 0.2) is 16.7 Å². The number of thioether (sulfide) groups is 1. The molecule has 6 nitrogen and oxygen atoms in total. The van der Waals surface area contributed by atoms with Crippen molar-refractivity contribution in [3.63, 3.8) is 0 Å². The lowest BCUT2D eigenvalue weighted by atomic mass is 10.1. The second-order valence-corrected chi connectivity index (χ2v) is 7.46. The standard InChI is InChI=1S/C21H21F3N2O4S/c1-28-16-10-14(11-17(29-2)18(16)30-3)19(27)26-8-7-25-20(26)31-12-13-5-4-6-15(9-13)21(22,23)24/h4-6,9-11H,7-8,12H2,1-3H3. The molecule has 0 aromatic heterocycles. The molecule has 0 aliphatic carbocycles. The van der Waals surface area contributed by atoms with Crippen LogP contribution in [0.4, 0.5) is 13.2 Å². The molecule has 1 aliphatic rings. The van der Waals surface area contributed by atoms with Gasteiger partial charge in [-0.1, -0.05) is 30.0 Å². The zero-order valence-corrected chi connectivity index (χ0v) is 18.0. The molecule has 166 valence electrons. The average Bonchev–Trinajstić information content (AvgIpc) is 3.24. The van der Waals surface area contributed by atoms with Crippen LogP contribution in [0.1, 0.15) is 21.5 Å². The summed E-state index contributed by atoms with van der Waals surface area (Å²) in [5.74, 6) is 1.00. The van der Waals surface area contributed by atoms with E-state index in [9.17, 15) is 18.0 Å². The minimum Gasteiger partial charge on any atom is -0.493 e. The first-order valence-corrected chi connectivity index (χ1v) is 10.2. The number of amides is 1. The molecular formula is C21H21F3N2O4S. The molecule has 0 radical (unpaired) electrons. The van der Waals surface area contributed by atoms with Gasteiger partial charge in [-0.25, -0.2) is 0 Å². The summed E-state index contributed by atoms with van der Waals surface area (Å²) in [4.78, 5) is 19.0. The first-order chi connectivity index (χ1) is 14.8. The molecule has 0 saturated heterocycles. The number of hydrogen-bond acceptors (Lipinski definition) is 6. The van der Waals surface area contributed by atoms with Crippen LogP contribution < -0.4 is 14.2 Å². The van der Waals surface area contributed by atoms with Crippen molar-refractivity contribution in [2.75, 3.05) is 34.4 Å². The zero-order chi connectivity index (χ0) is 22.6. The van der Waals surface area contributed by atoms with Crippen LogP contribution in [0.5, 0.6) is 17.2 Å². The Bertz CT molecular complexity index is 970. The van der Waals surface area contributed by atoms with Crippen molar-refractivity contribution in [2.45, 2.75) is 11.9 Å². The summed E-state index contributed by atoms with van der Waals surface area (Å²) < 4.78 is 54.7. The van der Waals surface area contributed by atoms with Gasteiger partial charge in [0.25, 0.3) is 5.91 Å². The van der Waals surface area contributed by atoms with E-state index in [1.165, 1.54) is 44.1 Å². The van der Waals surface area contributed by atoms with Crippen molar-refractivity contribution in [1.29, 1.82) is 0 Å². The normalized spacial score (nSPS) is 13.7. The summed E-state index contributed by atoms with van der Waals surface area (Å²) >= 11 is 1.22. The maximum Gasteiger partial charge on any atom is 0.416 e. The summed E-state index contributed by atoms with van der Waals surface area (Å²) in [6.07, 6.45) is -4.40. The van der Waals surface area contributed by atoms with E-state index >= 15 is 0 Å². The van der Waals surface area contributed by atoms with Crippen molar-refractivity contribution in [3.05, 3.63) is 53.1 Å². The Morgan fingerprint density at radius 2 is 1.77 bits per heavy atom. The van der Waals surface area contributed by atoms with Gasteiger partial charge in [0.2, 0.25) is 5.75 Å². The van der Waals surface area contributed by atoms with E-state index in [4.69, 9.17) is 14.2 Å². The van der Waals surface area contributed by atoms with Gasteiger partial charge in [0.05, 0.1) is 33.4 Å². The molecular weight excluding hydrogens is 433 g/mol. The highest BCUT2D eigenvalue weighted by atomic mass is 32.2. The van der Waals surface area contributed by atoms with E-state index in [0.717, 1.165) is 12.1 Å². The molecule has 0 spiro atoms. The largest absolute Gasteiger partial charge is 0.493 e. The molecule has 2 aromatic rings. The molecule has 2 aromatic carbocycles. The fourth-order valence-electron chi connectivity index (χ4n) is 3.08. The number of rotatable bonds is 6. The highest BCUT2D eigenvalue weighted by Gasteiger charge is 2.31. The number of nitrogens with zero attached hydrogens (tertiary/aromatic N) is 2. The van der Waals surface area contributed by atoms with Crippen LogP contribution in [0, 0.1) is 0 Å². The minimum absolute atomic E-state index is 0.252. The molecule has 0 bridgehead atoms. The third kappa shape index (κ3) is 5.07. The van der Waals surface area contributed by atoms with E-state index in [0.29, 0.717) is 46.6 Å². The van der Waals surface area contributed by atoms with Crippen molar-refractivity contribution < 1.29 is 32.2 Å². The number of hydrogen-bond donors (Lipinski definition) is 0. The Balaban J connectivity index is 1.77. The number of ether oxygens (including phenoxy) is 3. The summed E-state index contributed by atoms with van der Waals surface area (Å²) in [7, 11) is 4.38. The Hall–Kier alpha value is -2.88. The number of amidine groups is 1. The predicted octanol–water partition coefficient (Wildman–Crippen LogP) is 4.48. The molecule has 1 amide bonds. The van der Waals surface area contributed by atoms with E-state index in [2.05, 4.69) is 4.99 Å². The molecule has 0 saturated carbocycles. The maximum atomic E-state index is 13.1. The van der Waals surface area contributed by atoms with Crippen molar-refractivity contribution in [2.24, 2.45) is 4.99 Å². The summed E-state index contributed by atoms with van der Waals surface area (Å²) in [6.45, 7) is 0.793. The van der Waals surface area contributed by atoms with E-state index in [-0.39, 0.29) is 11.7 Å². The van der Waals surface area contributed by atoms with Gasteiger partial charge in [0.1, 0.15) is 0 Å². The van der Waals surface area contributed by atoms with Gasteiger partial charge >= 0.3 is 6.18 Å². The van der Waals surface area contributed by atoms with Gasteiger partial charge < -0.3 is 14.2 Å². The third-order valence-corrected chi connectivity index (χ3v) is 5.67. The summed E-state index contributed by atoms with van der Waals surface area (Å²) in [5.41, 5.74) is 0.114. The third-order valence-electron chi connectivity index (χ3n) is 4.58. The smallest absolute Gasteiger partial charge is 0.416 e. The number of carbonyl (C=O) groups excluding carboxylic acids is 1. The second kappa shape index (κ2) is 9.51. The zero-order valence-electron chi connectivity index (χ0n) is 17.2. The van der Waals surface area contributed by atoms with Crippen LogP contribution in [0.2, 0.25) is 0 Å². The number of halogens is 3. The van der Waals surface area contributed by atoms with Crippen LogP contribution in [0.25, 0.3) is 0 Å². The molecule has 31 heavy (non-hydrogen) atoms. The second-order valence-electron chi connectivity index (χ2n) is 6.52. The van der Waals surface area contributed by atoms with Crippen LogP contribution in [0.15, 0.2) is 41.4 Å². The Labute approximate surface area is 182 Å². The molecule has 10 heteroatoms. The summed E-state index contributed by atoms with van der Waals surface area (Å²) in [6, 6.07) is 8.22. The van der Waals surface area contributed by atoms with Crippen molar-refractivity contribution in [3.8, 4) is 17.2 Å². The van der Waals surface area contributed by atoms with Crippen molar-refractivity contribution in [1.82, 2.24) is 4.90 Å². The number of methoxy groups -OCH3 is 3. The van der Waals surface area contributed by atoms with Gasteiger partial charge in [-0.3, -0.25) is 14.7 Å². The quantitative estimate of drug-likeness (QED) is 0.644. The lowest BCUT2D eigenvalue weighted by Crippen LogP contribution is -2.32. The fourth-order valence-corrected chi connectivity index (χ4v) is 4.07. The highest BCUT2D eigenvalue weighted by molar-refractivity contribution is 8.13. The maximum absolute atomic E-state index is 13.1. The van der Waals surface area contributed by atoms with Crippen LogP contribution in [-0.2, 0) is 11.9 Å². The molecule has 0 atom stereocenters. The Kier molecular flexibility index (Phi) is 6.99.